The van der Waals surface area contributed by atoms with Crippen LogP contribution in [0, 0.1) is 0 Å². The van der Waals surface area contributed by atoms with Crippen LogP contribution in [0.1, 0.15) is 17.3 Å². The molecule has 0 aliphatic rings. The van der Waals surface area contributed by atoms with Crippen LogP contribution in [0.25, 0.3) is 0 Å². The number of carbonyl (C=O) groups is 2. The van der Waals surface area contributed by atoms with Gasteiger partial charge in [0.1, 0.15) is 0 Å². The zero-order valence-electron chi connectivity index (χ0n) is 14.2. The molecule has 0 radical (unpaired) electrons. The van der Waals surface area contributed by atoms with E-state index in [1.807, 2.05) is 5.32 Å². The molecule has 11 heteroatoms. The summed E-state index contributed by atoms with van der Waals surface area (Å²) in [6, 6.07) is 9.31. The van der Waals surface area contributed by atoms with E-state index in [0.29, 0.717) is 11.8 Å². The second-order valence-corrected chi connectivity index (χ2v) is 7.71. The number of aliphatic hydroxyl groups is 1. The minimum absolute atomic E-state index is 0.175. The summed E-state index contributed by atoms with van der Waals surface area (Å²) in [6.07, 6.45) is -5.18. The SMILES string of the molecule is CC(O)(C(=O)Nc1ccc(S(=O)c2ccc(C(N)=O)cc2)cc1Cl)C(F)(F)F. The van der Waals surface area contributed by atoms with E-state index in [2.05, 4.69) is 0 Å². The predicted octanol–water partition coefficient (Wildman–Crippen LogP) is 2.86. The summed E-state index contributed by atoms with van der Waals surface area (Å²) in [7, 11) is -1.71. The van der Waals surface area contributed by atoms with Gasteiger partial charge in [-0.25, -0.2) is 4.21 Å². The van der Waals surface area contributed by atoms with Crippen LogP contribution in [-0.2, 0) is 15.6 Å². The molecule has 0 bridgehead atoms. The molecule has 150 valence electrons. The molecule has 2 aromatic rings. The summed E-state index contributed by atoms with van der Waals surface area (Å²) >= 11 is 5.96. The average molecular weight is 435 g/mol. The topological polar surface area (TPSA) is 109 Å². The Bertz CT molecular complexity index is 946. The lowest BCUT2D eigenvalue weighted by atomic mass is 10.1. The van der Waals surface area contributed by atoms with E-state index in [1.165, 1.54) is 36.4 Å². The normalized spacial score (nSPS) is 14.8. The number of amides is 2. The smallest absolute Gasteiger partial charge is 0.373 e. The van der Waals surface area contributed by atoms with Crippen molar-refractivity contribution in [2.75, 3.05) is 5.32 Å². The minimum atomic E-state index is -5.18. The van der Waals surface area contributed by atoms with Gasteiger partial charge >= 0.3 is 6.18 Å². The summed E-state index contributed by atoms with van der Waals surface area (Å²) in [5, 5.41) is 11.1. The van der Waals surface area contributed by atoms with E-state index < -0.39 is 34.4 Å². The number of carbonyl (C=O) groups excluding carboxylic acids is 2. The van der Waals surface area contributed by atoms with Gasteiger partial charge < -0.3 is 16.2 Å². The standard InChI is InChI=1S/C17H14ClF3N2O4S/c1-16(26,17(19,20)21)15(25)23-13-7-6-11(8-12(13)18)28(27)10-4-2-9(3-5-10)14(22)24/h2-8,26H,1H3,(H2,22,24)(H,23,25). The maximum atomic E-state index is 12.7. The highest BCUT2D eigenvalue weighted by atomic mass is 35.5. The van der Waals surface area contributed by atoms with Crippen molar-refractivity contribution in [3.63, 3.8) is 0 Å². The Hall–Kier alpha value is -2.43. The van der Waals surface area contributed by atoms with Crippen LogP contribution in [0.3, 0.4) is 0 Å². The van der Waals surface area contributed by atoms with E-state index in [1.54, 1.807) is 0 Å². The monoisotopic (exact) mass is 434 g/mol. The first-order valence-electron chi connectivity index (χ1n) is 7.56. The van der Waals surface area contributed by atoms with Crippen molar-refractivity contribution in [2.45, 2.75) is 28.5 Å². The van der Waals surface area contributed by atoms with E-state index in [4.69, 9.17) is 17.3 Å². The Morgan fingerprint density at radius 3 is 2.11 bits per heavy atom. The molecule has 0 saturated heterocycles. The molecule has 0 aliphatic heterocycles. The van der Waals surface area contributed by atoms with Crippen molar-refractivity contribution in [3.8, 4) is 0 Å². The number of hydrogen-bond acceptors (Lipinski definition) is 4. The molecule has 2 unspecified atom stereocenters. The number of rotatable bonds is 5. The maximum Gasteiger partial charge on any atom is 0.426 e. The van der Waals surface area contributed by atoms with Gasteiger partial charge in [0.2, 0.25) is 11.5 Å². The molecule has 0 saturated carbocycles. The first kappa shape index (κ1) is 21.9. The van der Waals surface area contributed by atoms with Gasteiger partial charge in [0.15, 0.2) is 0 Å². The fourth-order valence-electron chi connectivity index (χ4n) is 1.96. The largest absolute Gasteiger partial charge is 0.426 e. The third-order valence-electron chi connectivity index (χ3n) is 3.75. The minimum Gasteiger partial charge on any atom is -0.373 e. The molecule has 2 amide bonds. The number of benzene rings is 2. The van der Waals surface area contributed by atoms with Crippen molar-refractivity contribution in [1.82, 2.24) is 0 Å². The number of hydrogen-bond donors (Lipinski definition) is 3. The van der Waals surface area contributed by atoms with Gasteiger partial charge in [-0.05, 0) is 49.4 Å². The second kappa shape index (κ2) is 7.90. The molecular formula is C17H14ClF3N2O4S. The van der Waals surface area contributed by atoms with Gasteiger partial charge in [-0.3, -0.25) is 9.59 Å². The Morgan fingerprint density at radius 2 is 1.64 bits per heavy atom. The molecule has 0 aromatic heterocycles. The Morgan fingerprint density at radius 1 is 1.11 bits per heavy atom. The van der Waals surface area contributed by atoms with Crippen molar-refractivity contribution in [3.05, 3.63) is 53.1 Å². The molecule has 4 N–H and O–H groups in total. The Kier molecular flexibility index (Phi) is 6.17. The first-order valence-corrected chi connectivity index (χ1v) is 9.09. The number of alkyl halides is 3. The summed E-state index contributed by atoms with van der Waals surface area (Å²) in [5.41, 5.74) is 1.56. The summed E-state index contributed by atoms with van der Waals surface area (Å²) < 4.78 is 50.7. The second-order valence-electron chi connectivity index (χ2n) is 5.82. The van der Waals surface area contributed by atoms with Crippen LogP contribution in [0.2, 0.25) is 5.02 Å². The maximum absolute atomic E-state index is 12.7. The van der Waals surface area contributed by atoms with E-state index in [9.17, 15) is 32.1 Å². The number of nitrogens with two attached hydrogens (primary N) is 1. The van der Waals surface area contributed by atoms with Crippen molar-refractivity contribution >= 4 is 39.9 Å². The highest BCUT2D eigenvalue weighted by molar-refractivity contribution is 7.85. The van der Waals surface area contributed by atoms with E-state index in [-0.39, 0.29) is 21.2 Å². The van der Waals surface area contributed by atoms with Gasteiger partial charge in [-0.1, -0.05) is 11.6 Å². The van der Waals surface area contributed by atoms with Gasteiger partial charge in [0, 0.05) is 15.4 Å². The summed E-state index contributed by atoms with van der Waals surface area (Å²) in [5.74, 6) is -2.35. The van der Waals surface area contributed by atoms with Crippen LogP contribution in [-0.4, -0.2) is 32.9 Å². The van der Waals surface area contributed by atoms with Crippen molar-refractivity contribution in [1.29, 1.82) is 0 Å². The van der Waals surface area contributed by atoms with Gasteiger partial charge in [0.25, 0.3) is 5.91 Å². The lowest BCUT2D eigenvalue weighted by Crippen LogP contribution is -2.52. The quantitative estimate of drug-likeness (QED) is 0.672. The highest BCUT2D eigenvalue weighted by Crippen LogP contribution is 2.33. The molecule has 6 nitrogen and oxygen atoms in total. The lowest BCUT2D eigenvalue weighted by molar-refractivity contribution is -0.242. The highest BCUT2D eigenvalue weighted by Gasteiger charge is 2.55. The number of anilines is 1. The molecule has 2 atom stereocenters. The third kappa shape index (κ3) is 4.51. The third-order valence-corrected chi connectivity index (χ3v) is 5.44. The Labute approximate surface area is 164 Å². The van der Waals surface area contributed by atoms with Crippen molar-refractivity contribution < 1.29 is 32.1 Å². The zero-order valence-corrected chi connectivity index (χ0v) is 15.8. The van der Waals surface area contributed by atoms with Crippen LogP contribution in [0.15, 0.2) is 52.3 Å². The molecule has 0 fully saturated rings. The zero-order chi connectivity index (χ0) is 21.3. The molecular weight excluding hydrogens is 421 g/mol. The molecule has 28 heavy (non-hydrogen) atoms. The number of nitrogens with one attached hydrogen (secondary N) is 1. The summed E-state index contributed by atoms with van der Waals surface area (Å²) in [6.45, 7) is 0.315. The molecule has 0 spiro atoms. The lowest BCUT2D eigenvalue weighted by Gasteiger charge is -2.25. The molecule has 2 rings (SSSR count). The fraction of sp³-hybridized carbons (Fsp3) is 0.176. The summed E-state index contributed by atoms with van der Waals surface area (Å²) in [4.78, 5) is 23.3. The number of halogens is 4. The predicted molar refractivity (Wildman–Crippen MR) is 96.4 cm³/mol. The van der Waals surface area contributed by atoms with Crippen LogP contribution in [0.4, 0.5) is 18.9 Å². The van der Waals surface area contributed by atoms with Crippen LogP contribution < -0.4 is 11.1 Å². The van der Waals surface area contributed by atoms with Crippen LogP contribution in [0.5, 0.6) is 0 Å². The first-order chi connectivity index (χ1) is 12.8. The van der Waals surface area contributed by atoms with E-state index >= 15 is 0 Å². The van der Waals surface area contributed by atoms with Gasteiger partial charge in [-0.15, -0.1) is 0 Å². The van der Waals surface area contributed by atoms with Gasteiger partial charge in [0.05, 0.1) is 21.5 Å². The number of primary amides is 1. The molecule has 2 aromatic carbocycles. The van der Waals surface area contributed by atoms with Crippen molar-refractivity contribution in [2.24, 2.45) is 5.73 Å². The van der Waals surface area contributed by atoms with E-state index in [0.717, 1.165) is 6.07 Å². The average Bonchev–Trinajstić information content (AvgIpc) is 2.61. The fourth-order valence-corrected chi connectivity index (χ4v) is 3.33. The Balaban J connectivity index is 2.23. The molecule has 0 aliphatic carbocycles. The van der Waals surface area contributed by atoms with Gasteiger partial charge in [-0.2, -0.15) is 13.2 Å². The molecule has 0 heterocycles. The van der Waals surface area contributed by atoms with Crippen LogP contribution >= 0.6 is 11.6 Å².